The minimum absolute atomic E-state index is 0. The summed E-state index contributed by atoms with van der Waals surface area (Å²) in [6.45, 7) is 24.7. The van der Waals surface area contributed by atoms with Crippen LogP contribution in [0.25, 0.3) is 0 Å². The average Bonchev–Trinajstić information content (AvgIpc) is 0.864. The second-order valence-electron chi connectivity index (χ2n) is 25.6. The molecule has 6 nitrogen and oxygen atoms in total. The van der Waals surface area contributed by atoms with Gasteiger partial charge in [0.2, 0.25) is 0 Å². The summed E-state index contributed by atoms with van der Waals surface area (Å²) in [5, 5.41) is 0. The number of hydrogen-bond acceptors (Lipinski definition) is 12. The molecule has 19 heteroatoms. The zero-order valence-electron chi connectivity index (χ0n) is 62.7. The molecule has 0 N–H and O–H groups in total. The minimum atomic E-state index is 0. The number of anilines is 12. The average molecular weight is 1730 g/mol. The first-order valence-electron chi connectivity index (χ1n) is 34.3. The van der Waals surface area contributed by atoms with Crippen LogP contribution in [0.3, 0.4) is 0 Å². The molecule has 0 bridgehead atoms. The normalized spacial score (nSPS) is 10.0. The van der Waals surface area contributed by atoms with Crippen molar-refractivity contribution in [2.24, 2.45) is 0 Å². The van der Waals surface area contributed by atoms with E-state index >= 15 is 0 Å². The van der Waals surface area contributed by atoms with E-state index < -0.39 is 0 Å². The quantitative estimate of drug-likeness (QED) is 0.0657. The number of benzene rings is 12. The topological polar surface area (TPSA) is 19.4 Å². The molecular formula is C90H84MoN6S12-6. The van der Waals surface area contributed by atoms with Crippen LogP contribution in [0.4, 0.5) is 68.2 Å². The van der Waals surface area contributed by atoms with Gasteiger partial charge in [0.25, 0.3) is 0 Å². The summed E-state index contributed by atoms with van der Waals surface area (Å²) < 4.78 is 2.60. The van der Waals surface area contributed by atoms with E-state index in [-0.39, 0.29) is 21.1 Å². The standard InChI is InChI=1S/6C15H15NS2.Mo/c6*1-11-3-7-13(8-4-11)16(15(17)18)14-9-5-12(2)6-10-14;/h6*3-10H,1-2H3,(H,17,18);/p-6. The van der Waals surface area contributed by atoms with Crippen LogP contribution in [0.5, 0.6) is 0 Å². The van der Waals surface area contributed by atoms with Crippen molar-refractivity contribution in [3.63, 3.8) is 0 Å². The van der Waals surface area contributed by atoms with E-state index in [1.807, 2.05) is 175 Å². The van der Waals surface area contributed by atoms with Crippen molar-refractivity contribution in [1.82, 2.24) is 0 Å². The number of hydrogen-bond donors (Lipinski definition) is 0. The van der Waals surface area contributed by atoms with Gasteiger partial charge in [-0.15, -0.1) is 0 Å². The van der Waals surface area contributed by atoms with Gasteiger partial charge in [0.05, 0.1) is 0 Å². The fourth-order valence-corrected chi connectivity index (χ4v) is 13.0. The molecule has 0 aliphatic heterocycles. The summed E-state index contributed by atoms with van der Waals surface area (Å²) >= 11 is 62.2. The Labute approximate surface area is 727 Å². The van der Waals surface area contributed by atoms with Gasteiger partial charge in [0.15, 0.2) is 0 Å². The number of aryl methyl sites for hydroxylation is 12. The number of nitrogens with zero attached hydrogens (tertiary/aromatic N) is 6. The molecule has 0 unspecified atom stereocenters. The van der Waals surface area contributed by atoms with Gasteiger partial charge in [-0.25, -0.2) is 0 Å². The molecule has 558 valence electrons. The first-order valence-corrected chi connectivity index (χ1v) is 39.2. The van der Waals surface area contributed by atoms with E-state index in [0.29, 0.717) is 25.9 Å². The van der Waals surface area contributed by atoms with Crippen molar-refractivity contribution in [2.45, 2.75) is 83.1 Å². The third-order valence-corrected chi connectivity index (χ3v) is 18.8. The van der Waals surface area contributed by atoms with Gasteiger partial charge >= 0.3 is 0 Å². The van der Waals surface area contributed by atoms with Gasteiger partial charge in [-0.05, 0) is 229 Å². The smallest absolute Gasteiger partial charge is 0.0444 e. The Balaban J connectivity index is 0.000000204. The van der Waals surface area contributed by atoms with Crippen LogP contribution >= 0.6 is 73.3 Å². The second-order valence-corrected chi connectivity index (χ2v) is 31.8. The zero-order chi connectivity index (χ0) is 78.7. The van der Waals surface area contributed by atoms with Crippen LogP contribution in [0, 0.1) is 83.1 Å². The van der Waals surface area contributed by atoms with Crippen molar-refractivity contribution in [3.8, 4) is 0 Å². The third kappa shape index (κ3) is 28.4. The SMILES string of the molecule is Cc1ccc(N(C(=S)[S-])c2ccc(C)cc2)cc1.Cc1ccc(N(C(=S)[S-])c2ccc(C)cc2)cc1.Cc1ccc(N(C(=S)[S-])c2ccc(C)cc2)cc1.Cc1ccc(N(C(=S)[S-])c2ccc(C)cc2)cc1.Cc1ccc(N(C(=S)[S-])c2ccc(C)cc2)cc1.Cc1ccc(N(C(=S)[S-])c2ccc(C)cc2)cc1.[Mo]. The van der Waals surface area contributed by atoms with Crippen LogP contribution in [-0.4, -0.2) is 25.9 Å². The molecule has 0 aliphatic rings. The Bertz CT molecular complexity index is 3810. The molecule has 0 heterocycles. The summed E-state index contributed by atoms with van der Waals surface area (Å²) in [5.41, 5.74) is 26.7. The van der Waals surface area contributed by atoms with E-state index in [0.717, 1.165) is 68.2 Å². The summed E-state index contributed by atoms with van der Waals surface area (Å²) in [7, 11) is 0. The van der Waals surface area contributed by atoms with Gasteiger partial charge in [-0.2, -0.15) is 0 Å². The molecule has 0 spiro atoms. The van der Waals surface area contributed by atoms with E-state index in [1.54, 1.807) is 0 Å². The Morgan fingerprint density at radius 1 is 0.147 bits per heavy atom. The molecule has 0 amide bonds. The molecule has 12 aromatic carbocycles. The Kier molecular flexibility index (Phi) is 36.9. The molecule has 0 fully saturated rings. The predicted octanol–water partition coefficient (Wildman–Crippen LogP) is 25.6. The molecule has 0 saturated carbocycles. The summed E-state index contributed by atoms with van der Waals surface area (Å²) in [5.74, 6) is 0. The Morgan fingerprint density at radius 2 is 0.202 bits per heavy atom. The van der Waals surface area contributed by atoms with Gasteiger partial charge in [0, 0.05) is 89.3 Å². The van der Waals surface area contributed by atoms with Crippen LogP contribution in [-0.2, 0) is 96.8 Å². The molecule has 109 heavy (non-hydrogen) atoms. The van der Waals surface area contributed by atoms with Crippen LogP contribution in [0.15, 0.2) is 291 Å². The molecule has 0 aliphatic carbocycles. The first-order chi connectivity index (χ1) is 51.5. The summed E-state index contributed by atoms with van der Waals surface area (Å²) in [4.78, 5) is 11.4. The van der Waals surface area contributed by atoms with Crippen molar-refractivity contribution >= 4 is 243 Å². The molecule has 12 aromatic rings. The minimum Gasteiger partial charge on any atom is -0.411 e. The molecule has 12 rings (SSSR count). The van der Waals surface area contributed by atoms with Gasteiger partial charge in [-0.3, -0.25) is 0 Å². The van der Waals surface area contributed by atoms with Gasteiger partial charge in [-0.1, -0.05) is 238 Å². The van der Waals surface area contributed by atoms with Crippen LogP contribution < -0.4 is 29.4 Å². The van der Waals surface area contributed by atoms with Gasteiger partial charge in [0.1, 0.15) is 0 Å². The van der Waals surface area contributed by atoms with Crippen molar-refractivity contribution in [1.29, 1.82) is 0 Å². The largest absolute Gasteiger partial charge is 0.411 e. The fraction of sp³-hybridized carbons (Fsp3) is 0.133. The third-order valence-electron chi connectivity index (χ3n) is 16.6. The maximum absolute atomic E-state index is 5.19. The molecule has 0 saturated heterocycles. The Morgan fingerprint density at radius 3 is 0.248 bits per heavy atom. The van der Waals surface area contributed by atoms with Crippen molar-refractivity contribution in [2.75, 3.05) is 29.4 Å². The van der Waals surface area contributed by atoms with E-state index in [4.69, 9.17) is 149 Å². The first kappa shape index (κ1) is 89.9. The van der Waals surface area contributed by atoms with E-state index in [9.17, 15) is 0 Å². The Hall–Kier alpha value is -8.01. The summed E-state index contributed by atoms with van der Waals surface area (Å²) in [6, 6.07) is 98.3. The predicted molar refractivity (Wildman–Crippen MR) is 507 cm³/mol. The van der Waals surface area contributed by atoms with E-state index in [2.05, 4.69) is 229 Å². The summed E-state index contributed by atoms with van der Waals surface area (Å²) in [6.07, 6.45) is 0. The monoisotopic (exact) mass is 1730 g/mol. The number of rotatable bonds is 12. The molecular weight excluding hydrogens is 1650 g/mol. The zero-order valence-corrected chi connectivity index (χ0v) is 74.5. The maximum atomic E-state index is 5.19. The maximum Gasteiger partial charge on any atom is 0.0444 e. The molecule has 0 aromatic heterocycles. The van der Waals surface area contributed by atoms with Crippen LogP contribution in [0.2, 0.25) is 0 Å². The van der Waals surface area contributed by atoms with Crippen LogP contribution in [0.1, 0.15) is 66.8 Å². The fourth-order valence-electron chi connectivity index (χ4n) is 10.5. The van der Waals surface area contributed by atoms with E-state index in [1.165, 1.54) is 66.8 Å². The van der Waals surface area contributed by atoms with Gasteiger partial charge < -0.3 is 178 Å². The van der Waals surface area contributed by atoms with Crippen molar-refractivity contribution < 1.29 is 21.1 Å². The van der Waals surface area contributed by atoms with Crippen molar-refractivity contribution in [3.05, 3.63) is 358 Å². The molecule has 0 radical (unpaired) electrons. The number of thiocarbonyl (C=S) groups is 6. The molecule has 0 atom stereocenters. The second kappa shape index (κ2) is 44.7.